The fraction of sp³-hybridized carbons (Fsp3) is 0.200. The number of halogens is 3. The average molecular weight is 390 g/mol. The van der Waals surface area contributed by atoms with E-state index in [2.05, 4.69) is 22.6 Å². The standard InChI is InChI=1S/C15H14ClFIN/c1-9-4-2-5-10(15(9)18)14(19)8-11-12(16)6-3-7-13(11)17/h2-7,14H,8,19H2,1H3. The summed E-state index contributed by atoms with van der Waals surface area (Å²) in [5.41, 5.74) is 8.89. The van der Waals surface area contributed by atoms with E-state index in [1.54, 1.807) is 12.1 Å². The number of benzene rings is 2. The highest BCUT2D eigenvalue weighted by atomic mass is 127. The summed E-state index contributed by atoms with van der Waals surface area (Å²) in [6.45, 7) is 2.04. The Morgan fingerprint density at radius 3 is 2.63 bits per heavy atom. The summed E-state index contributed by atoms with van der Waals surface area (Å²) in [6, 6.07) is 10.4. The highest BCUT2D eigenvalue weighted by molar-refractivity contribution is 14.1. The van der Waals surface area contributed by atoms with Crippen molar-refractivity contribution in [1.82, 2.24) is 0 Å². The lowest BCUT2D eigenvalue weighted by Gasteiger charge is -2.16. The fourth-order valence-corrected chi connectivity index (χ4v) is 3.01. The zero-order valence-electron chi connectivity index (χ0n) is 10.5. The molecule has 0 amide bonds. The summed E-state index contributed by atoms with van der Waals surface area (Å²) in [7, 11) is 0. The van der Waals surface area contributed by atoms with Gasteiger partial charge in [0.1, 0.15) is 5.82 Å². The van der Waals surface area contributed by atoms with Crippen LogP contribution in [0.15, 0.2) is 36.4 Å². The van der Waals surface area contributed by atoms with Gasteiger partial charge in [0, 0.05) is 20.2 Å². The number of nitrogens with two attached hydrogens (primary N) is 1. The number of aryl methyl sites for hydroxylation is 1. The van der Waals surface area contributed by atoms with Crippen LogP contribution < -0.4 is 5.73 Å². The van der Waals surface area contributed by atoms with Crippen LogP contribution >= 0.6 is 34.2 Å². The van der Waals surface area contributed by atoms with E-state index < -0.39 is 0 Å². The molecule has 2 aromatic carbocycles. The molecule has 0 aromatic heterocycles. The van der Waals surface area contributed by atoms with E-state index in [0.717, 1.165) is 9.13 Å². The predicted octanol–water partition coefficient (Wildman–Crippen LogP) is 4.63. The maximum atomic E-state index is 13.8. The highest BCUT2D eigenvalue weighted by Gasteiger charge is 2.15. The lowest BCUT2D eigenvalue weighted by Crippen LogP contribution is -2.16. The largest absolute Gasteiger partial charge is 0.324 e. The van der Waals surface area contributed by atoms with Crippen LogP contribution in [0.25, 0.3) is 0 Å². The summed E-state index contributed by atoms with van der Waals surface area (Å²) >= 11 is 8.31. The molecule has 0 saturated carbocycles. The number of rotatable bonds is 3. The topological polar surface area (TPSA) is 26.0 Å². The summed E-state index contributed by atoms with van der Waals surface area (Å²) in [4.78, 5) is 0. The first-order valence-electron chi connectivity index (χ1n) is 5.94. The smallest absolute Gasteiger partial charge is 0.127 e. The second-order valence-corrected chi connectivity index (χ2v) is 5.97. The Balaban J connectivity index is 2.31. The van der Waals surface area contributed by atoms with Crippen molar-refractivity contribution < 1.29 is 4.39 Å². The van der Waals surface area contributed by atoms with E-state index in [1.165, 1.54) is 11.6 Å². The van der Waals surface area contributed by atoms with Gasteiger partial charge in [0.15, 0.2) is 0 Å². The number of hydrogen-bond donors (Lipinski definition) is 1. The molecule has 0 saturated heterocycles. The molecule has 100 valence electrons. The van der Waals surface area contributed by atoms with Crippen LogP contribution in [-0.4, -0.2) is 0 Å². The van der Waals surface area contributed by atoms with Gasteiger partial charge in [-0.05, 0) is 59.2 Å². The molecular formula is C15H14ClFIN. The molecule has 0 radical (unpaired) electrons. The van der Waals surface area contributed by atoms with E-state index in [1.807, 2.05) is 25.1 Å². The van der Waals surface area contributed by atoms with Crippen molar-refractivity contribution in [1.29, 1.82) is 0 Å². The monoisotopic (exact) mass is 389 g/mol. The summed E-state index contributed by atoms with van der Waals surface area (Å²) in [6.07, 6.45) is 0.394. The van der Waals surface area contributed by atoms with E-state index in [9.17, 15) is 4.39 Å². The zero-order valence-corrected chi connectivity index (χ0v) is 13.4. The van der Waals surface area contributed by atoms with E-state index >= 15 is 0 Å². The van der Waals surface area contributed by atoms with Crippen LogP contribution in [-0.2, 0) is 6.42 Å². The summed E-state index contributed by atoms with van der Waals surface area (Å²) in [5.74, 6) is -0.300. The molecule has 19 heavy (non-hydrogen) atoms. The van der Waals surface area contributed by atoms with Crippen LogP contribution in [0.3, 0.4) is 0 Å². The second-order valence-electron chi connectivity index (χ2n) is 4.49. The third kappa shape index (κ3) is 3.27. The molecule has 4 heteroatoms. The minimum atomic E-state index is -0.300. The van der Waals surface area contributed by atoms with Gasteiger partial charge in [0.05, 0.1) is 0 Å². The van der Waals surface area contributed by atoms with Crippen LogP contribution in [0, 0.1) is 16.3 Å². The minimum absolute atomic E-state index is 0.263. The van der Waals surface area contributed by atoms with Crippen LogP contribution in [0.5, 0.6) is 0 Å². The Labute approximate surface area is 131 Å². The first kappa shape index (κ1) is 14.8. The quantitative estimate of drug-likeness (QED) is 0.761. The van der Waals surface area contributed by atoms with Crippen molar-refractivity contribution in [3.8, 4) is 0 Å². The summed E-state index contributed by atoms with van der Waals surface area (Å²) < 4.78 is 14.9. The van der Waals surface area contributed by atoms with Gasteiger partial charge < -0.3 is 5.73 Å². The molecule has 0 fully saturated rings. The fourth-order valence-electron chi connectivity index (χ4n) is 2.01. The van der Waals surface area contributed by atoms with Crippen molar-refractivity contribution in [2.45, 2.75) is 19.4 Å². The van der Waals surface area contributed by atoms with E-state index in [0.29, 0.717) is 17.0 Å². The first-order valence-corrected chi connectivity index (χ1v) is 7.40. The molecule has 0 aliphatic heterocycles. The second kappa shape index (κ2) is 6.20. The Hall–Kier alpha value is -0.650. The van der Waals surface area contributed by atoms with Gasteiger partial charge in [0.25, 0.3) is 0 Å². The molecular weight excluding hydrogens is 376 g/mol. The summed E-state index contributed by atoms with van der Waals surface area (Å²) in [5, 5.41) is 0.429. The molecule has 2 rings (SSSR count). The molecule has 0 heterocycles. The molecule has 0 spiro atoms. The lowest BCUT2D eigenvalue weighted by atomic mass is 9.98. The Bertz CT molecular complexity index is 580. The maximum Gasteiger partial charge on any atom is 0.127 e. The van der Waals surface area contributed by atoms with Gasteiger partial charge in [-0.25, -0.2) is 4.39 Å². The van der Waals surface area contributed by atoms with Crippen LogP contribution in [0.2, 0.25) is 5.02 Å². The van der Waals surface area contributed by atoms with Gasteiger partial charge in [-0.15, -0.1) is 0 Å². The molecule has 0 aliphatic rings. The van der Waals surface area contributed by atoms with Crippen LogP contribution in [0.4, 0.5) is 4.39 Å². The molecule has 0 aliphatic carbocycles. The van der Waals surface area contributed by atoms with E-state index in [-0.39, 0.29) is 11.9 Å². The Morgan fingerprint density at radius 2 is 1.95 bits per heavy atom. The van der Waals surface area contributed by atoms with Gasteiger partial charge in [-0.2, -0.15) is 0 Å². The molecule has 1 atom stereocenters. The van der Waals surface area contributed by atoms with Crippen molar-refractivity contribution in [2.24, 2.45) is 5.73 Å². The van der Waals surface area contributed by atoms with E-state index in [4.69, 9.17) is 17.3 Å². The highest BCUT2D eigenvalue weighted by Crippen LogP contribution is 2.27. The SMILES string of the molecule is Cc1cccc(C(N)Cc2c(F)cccc2Cl)c1I. The third-order valence-corrected chi connectivity index (χ3v) is 4.93. The van der Waals surface area contributed by atoms with Crippen LogP contribution in [0.1, 0.15) is 22.7 Å². The predicted molar refractivity (Wildman–Crippen MR) is 85.9 cm³/mol. The van der Waals surface area contributed by atoms with Crippen molar-refractivity contribution in [3.63, 3.8) is 0 Å². The third-order valence-electron chi connectivity index (χ3n) is 3.11. The van der Waals surface area contributed by atoms with Gasteiger partial charge >= 0.3 is 0 Å². The molecule has 2 N–H and O–H groups in total. The number of hydrogen-bond acceptors (Lipinski definition) is 1. The molecule has 1 unspecified atom stereocenters. The Morgan fingerprint density at radius 1 is 1.26 bits per heavy atom. The molecule has 1 nitrogen and oxygen atoms in total. The van der Waals surface area contributed by atoms with Gasteiger partial charge in [-0.3, -0.25) is 0 Å². The van der Waals surface area contributed by atoms with Gasteiger partial charge in [0.2, 0.25) is 0 Å². The first-order chi connectivity index (χ1) is 9.00. The average Bonchev–Trinajstić information content (AvgIpc) is 2.37. The Kier molecular flexibility index (Phi) is 4.81. The van der Waals surface area contributed by atoms with Gasteiger partial charge in [-0.1, -0.05) is 35.9 Å². The zero-order chi connectivity index (χ0) is 14.0. The van der Waals surface area contributed by atoms with Crippen molar-refractivity contribution >= 4 is 34.2 Å². The normalized spacial score (nSPS) is 12.5. The molecule has 2 aromatic rings. The molecule has 0 bridgehead atoms. The maximum absolute atomic E-state index is 13.8. The lowest BCUT2D eigenvalue weighted by molar-refractivity contribution is 0.593. The van der Waals surface area contributed by atoms with Crippen molar-refractivity contribution in [2.75, 3.05) is 0 Å². The van der Waals surface area contributed by atoms with Crippen molar-refractivity contribution in [3.05, 3.63) is 67.5 Å². The minimum Gasteiger partial charge on any atom is -0.324 e.